The predicted octanol–water partition coefficient (Wildman–Crippen LogP) is 5.95. The van der Waals surface area contributed by atoms with Crippen LogP contribution in [0.2, 0.25) is 0 Å². The third-order valence-corrected chi connectivity index (χ3v) is 7.41. The topological polar surface area (TPSA) is 74.8 Å². The van der Waals surface area contributed by atoms with Crippen LogP contribution in [0.3, 0.4) is 0 Å². The van der Waals surface area contributed by atoms with Crippen LogP contribution in [0.15, 0.2) is 58.5 Å². The lowest BCUT2D eigenvalue weighted by Gasteiger charge is -2.16. The number of nitrogens with zero attached hydrogens (tertiary/aromatic N) is 1. The SMILES string of the molecule is CCc1cccc(C)c1NC(=O)C(C)Sc1nc2sc(C)c(-c3ccccc3)c2c(=O)[nH]1. The summed E-state index contributed by atoms with van der Waals surface area (Å²) in [6.45, 7) is 7.88. The van der Waals surface area contributed by atoms with Gasteiger partial charge in [0.25, 0.3) is 5.56 Å². The van der Waals surface area contributed by atoms with Gasteiger partial charge in [-0.1, -0.05) is 67.2 Å². The minimum absolute atomic E-state index is 0.117. The fraction of sp³-hybridized carbons (Fsp3) is 0.240. The highest BCUT2D eigenvalue weighted by Crippen LogP contribution is 2.36. The fourth-order valence-corrected chi connectivity index (χ4v) is 5.66. The first-order valence-electron chi connectivity index (χ1n) is 10.5. The first-order chi connectivity index (χ1) is 15.4. The van der Waals surface area contributed by atoms with E-state index in [-0.39, 0.29) is 11.5 Å². The average molecular weight is 464 g/mol. The molecular weight excluding hydrogens is 438 g/mol. The number of para-hydroxylation sites is 1. The lowest BCUT2D eigenvalue weighted by Crippen LogP contribution is -2.24. The molecule has 7 heteroatoms. The minimum Gasteiger partial charge on any atom is -0.325 e. The van der Waals surface area contributed by atoms with Gasteiger partial charge in [-0.2, -0.15) is 0 Å². The van der Waals surface area contributed by atoms with E-state index < -0.39 is 5.25 Å². The van der Waals surface area contributed by atoms with Crippen molar-refractivity contribution in [1.29, 1.82) is 0 Å². The zero-order valence-corrected chi connectivity index (χ0v) is 20.1. The Morgan fingerprint density at radius 3 is 2.62 bits per heavy atom. The normalized spacial score (nSPS) is 12.1. The van der Waals surface area contributed by atoms with Crippen LogP contribution < -0.4 is 10.9 Å². The molecule has 4 rings (SSSR count). The van der Waals surface area contributed by atoms with Crippen LogP contribution in [0.1, 0.15) is 29.9 Å². The van der Waals surface area contributed by atoms with Gasteiger partial charge in [-0.25, -0.2) is 4.98 Å². The summed E-state index contributed by atoms with van der Waals surface area (Å²) in [7, 11) is 0. The van der Waals surface area contributed by atoms with Gasteiger partial charge in [0.2, 0.25) is 5.91 Å². The Morgan fingerprint density at radius 1 is 1.16 bits per heavy atom. The number of nitrogens with one attached hydrogen (secondary N) is 2. The number of amides is 1. The number of fused-ring (bicyclic) bond motifs is 1. The second-order valence-electron chi connectivity index (χ2n) is 7.66. The number of benzene rings is 2. The van der Waals surface area contributed by atoms with Crippen molar-refractivity contribution in [3.63, 3.8) is 0 Å². The highest BCUT2D eigenvalue weighted by atomic mass is 32.2. The molecule has 0 fully saturated rings. The molecule has 32 heavy (non-hydrogen) atoms. The van der Waals surface area contributed by atoms with Crippen LogP contribution in [0.25, 0.3) is 21.3 Å². The quantitative estimate of drug-likeness (QED) is 0.274. The van der Waals surface area contributed by atoms with Crippen molar-refractivity contribution in [1.82, 2.24) is 9.97 Å². The molecule has 0 radical (unpaired) electrons. The van der Waals surface area contributed by atoms with E-state index in [0.29, 0.717) is 15.4 Å². The zero-order chi connectivity index (χ0) is 22.8. The average Bonchev–Trinajstić information content (AvgIpc) is 3.11. The van der Waals surface area contributed by atoms with Gasteiger partial charge in [-0.3, -0.25) is 9.59 Å². The molecule has 164 valence electrons. The van der Waals surface area contributed by atoms with Crippen molar-refractivity contribution >= 4 is 44.9 Å². The molecule has 0 saturated carbocycles. The molecule has 4 aromatic rings. The molecule has 2 aromatic heterocycles. The van der Waals surface area contributed by atoms with Gasteiger partial charge in [0.15, 0.2) is 5.16 Å². The van der Waals surface area contributed by atoms with Gasteiger partial charge in [0.05, 0.1) is 10.6 Å². The molecule has 1 amide bonds. The van der Waals surface area contributed by atoms with Crippen molar-refractivity contribution in [2.45, 2.75) is 44.5 Å². The largest absolute Gasteiger partial charge is 0.325 e. The molecule has 2 heterocycles. The number of carbonyl (C=O) groups is 1. The highest BCUT2D eigenvalue weighted by Gasteiger charge is 2.21. The van der Waals surface area contributed by atoms with Gasteiger partial charge in [0.1, 0.15) is 4.83 Å². The number of aromatic nitrogens is 2. The van der Waals surface area contributed by atoms with Gasteiger partial charge in [-0.15, -0.1) is 11.3 Å². The summed E-state index contributed by atoms with van der Waals surface area (Å²) in [6, 6.07) is 15.9. The van der Waals surface area contributed by atoms with Crippen LogP contribution in [-0.4, -0.2) is 21.1 Å². The smallest absolute Gasteiger partial charge is 0.260 e. The van der Waals surface area contributed by atoms with Crippen LogP contribution in [0.4, 0.5) is 5.69 Å². The molecule has 0 saturated heterocycles. The summed E-state index contributed by atoms with van der Waals surface area (Å²) >= 11 is 2.76. The van der Waals surface area contributed by atoms with E-state index in [1.54, 1.807) is 0 Å². The number of carbonyl (C=O) groups excluding carboxylic acids is 1. The van der Waals surface area contributed by atoms with Gasteiger partial charge in [-0.05, 0) is 43.9 Å². The Labute approximate surface area is 195 Å². The van der Waals surface area contributed by atoms with E-state index >= 15 is 0 Å². The van der Waals surface area contributed by atoms with Crippen molar-refractivity contribution in [2.24, 2.45) is 0 Å². The van der Waals surface area contributed by atoms with Crippen LogP contribution in [0, 0.1) is 13.8 Å². The lowest BCUT2D eigenvalue weighted by molar-refractivity contribution is -0.115. The predicted molar refractivity (Wildman–Crippen MR) is 135 cm³/mol. The monoisotopic (exact) mass is 463 g/mol. The van der Waals surface area contributed by atoms with Crippen molar-refractivity contribution in [3.05, 3.63) is 74.9 Å². The maximum Gasteiger partial charge on any atom is 0.260 e. The van der Waals surface area contributed by atoms with E-state index in [4.69, 9.17) is 0 Å². The number of hydrogen-bond donors (Lipinski definition) is 2. The fourth-order valence-electron chi connectivity index (χ4n) is 3.76. The van der Waals surface area contributed by atoms with Gasteiger partial charge < -0.3 is 10.3 Å². The first-order valence-corrected chi connectivity index (χ1v) is 12.2. The molecular formula is C25H25N3O2S2. The Morgan fingerprint density at radius 2 is 1.91 bits per heavy atom. The summed E-state index contributed by atoms with van der Waals surface area (Å²) in [5.74, 6) is -0.117. The van der Waals surface area contributed by atoms with Crippen molar-refractivity contribution in [2.75, 3.05) is 5.32 Å². The second kappa shape index (κ2) is 9.30. The Bertz CT molecular complexity index is 1340. The van der Waals surface area contributed by atoms with Gasteiger partial charge in [0, 0.05) is 16.1 Å². The van der Waals surface area contributed by atoms with Crippen molar-refractivity contribution in [3.8, 4) is 11.1 Å². The van der Waals surface area contributed by atoms with E-state index in [0.717, 1.165) is 39.2 Å². The number of H-pyrrole nitrogens is 1. The number of thioether (sulfide) groups is 1. The number of thiophene rings is 1. The first kappa shape index (κ1) is 22.3. The number of aryl methyl sites for hydroxylation is 3. The van der Waals surface area contributed by atoms with E-state index in [1.165, 1.54) is 23.1 Å². The van der Waals surface area contributed by atoms with Crippen LogP contribution >= 0.6 is 23.1 Å². The molecule has 0 aliphatic carbocycles. The van der Waals surface area contributed by atoms with Crippen LogP contribution in [-0.2, 0) is 11.2 Å². The number of anilines is 1. The minimum atomic E-state index is -0.422. The molecule has 0 bridgehead atoms. The van der Waals surface area contributed by atoms with E-state index in [2.05, 4.69) is 22.2 Å². The number of aromatic amines is 1. The summed E-state index contributed by atoms with van der Waals surface area (Å²) in [6.07, 6.45) is 0.839. The summed E-state index contributed by atoms with van der Waals surface area (Å²) in [5.41, 5.74) is 4.75. The Hall–Kier alpha value is -2.90. The summed E-state index contributed by atoms with van der Waals surface area (Å²) in [5, 5.41) is 3.69. The molecule has 0 aliphatic heterocycles. The molecule has 2 aromatic carbocycles. The Kier molecular flexibility index (Phi) is 6.48. The molecule has 1 unspecified atom stereocenters. The summed E-state index contributed by atoms with van der Waals surface area (Å²) in [4.78, 5) is 35.1. The Balaban J connectivity index is 1.60. The maximum absolute atomic E-state index is 13.0. The maximum atomic E-state index is 13.0. The molecule has 0 spiro atoms. The molecule has 5 nitrogen and oxygen atoms in total. The lowest BCUT2D eigenvalue weighted by atomic mass is 10.0. The molecule has 2 N–H and O–H groups in total. The van der Waals surface area contributed by atoms with Crippen LogP contribution in [0.5, 0.6) is 0 Å². The third kappa shape index (κ3) is 4.36. The highest BCUT2D eigenvalue weighted by molar-refractivity contribution is 8.00. The molecule has 1 atom stereocenters. The van der Waals surface area contributed by atoms with Crippen molar-refractivity contribution < 1.29 is 4.79 Å². The third-order valence-electron chi connectivity index (χ3n) is 5.42. The zero-order valence-electron chi connectivity index (χ0n) is 18.5. The van der Waals surface area contributed by atoms with E-state index in [9.17, 15) is 9.59 Å². The molecule has 0 aliphatic rings. The van der Waals surface area contributed by atoms with Gasteiger partial charge >= 0.3 is 0 Å². The standard InChI is InChI=1S/C25H25N3O2S2/c1-5-17-13-9-10-14(2)21(17)26-22(29)16(4)32-25-27-23(30)20-19(15(3)31-24(20)28-25)18-11-7-6-8-12-18/h6-13,16H,5H2,1-4H3,(H,26,29)(H,27,28,30). The summed E-state index contributed by atoms with van der Waals surface area (Å²) < 4.78 is 0. The number of hydrogen-bond acceptors (Lipinski definition) is 5. The second-order valence-corrected chi connectivity index (χ2v) is 10.2. The number of rotatable bonds is 6. The van der Waals surface area contributed by atoms with E-state index in [1.807, 2.05) is 69.3 Å².